The molecule has 39 heavy (non-hydrogen) atoms. The summed E-state index contributed by atoms with van der Waals surface area (Å²) in [6, 6.07) is -0.312. The summed E-state index contributed by atoms with van der Waals surface area (Å²) in [6.45, 7) is 11.7. The molecule has 2 unspecified atom stereocenters. The maximum Gasteiger partial charge on any atom is 0.380 e. The van der Waals surface area contributed by atoms with Crippen LogP contribution in [0, 0.1) is 11.8 Å². The SMILES string of the molecule is CC(C)[C@H]1COC(C2=CC3=C4C(=C5C=C(C6=N[C@@H](C(C)C)CO6)SC5(C)C3(C)S2)C(F)(F)C(F)(F)C4(F)F)=N1. The molecule has 2 aliphatic carbocycles. The number of aliphatic imine (C=N–C) groups is 2. The number of thioether (sulfide) groups is 2. The minimum Gasteiger partial charge on any atom is -0.475 e. The van der Waals surface area contributed by atoms with Gasteiger partial charge in [0.15, 0.2) is 0 Å². The van der Waals surface area contributed by atoms with Gasteiger partial charge in [0.1, 0.15) is 13.2 Å². The van der Waals surface area contributed by atoms with Gasteiger partial charge in [0.2, 0.25) is 11.8 Å². The average Bonchev–Trinajstić information content (AvgIpc) is 3.62. The lowest BCUT2D eigenvalue weighted by molar-refractivity contribution is -0.258. The molecule has 1 fully saturated rings. The molecule has 0 bridgehead atoms. The third-order valence-corrected chi connectivity index (χ3v) is 11.9. The molecule has 0 aromatic rings. The van der Waals surface area contributed by atoms with E-state index < -0.39 is 38.4 Å². The van der Waals surface area contributed by atoms with Crippen molar-refractivity contribution in [3.8, 4) is 0 Å². The van der Waals surface area contributed by atoms with E-state index in [1.54, 1.807) is 13.8 Å². The van der Waals surface area contributed by atoms with Crippen LogP contribution in [-0.4, -0.2) is 64.4 Å². The van der Waals surface area contributed by atoms with E-state index in [0.717, 1.165) is 23.5 Å². The Hall–Kier alpha value is -1.82. The standard InChI is InChI=1S/C27H28F6N2O2S2/c1-11(2)15-9-36-21(34-15)17-7-13-19-20(26(30,31)27(32,33)25(19,28)29)14-8-18(22-35-16(10-37-22)12(3)4)39-24(14,6)23(13,5)38-17/h7-8,11-12,15-16H,9-10H2,1-6H3/t15-,16-,23?,24?/m1/s1. The number of fused-ring (bicyclic) bond motifs is 4. The van der Waals surface area contributed by atoms with Gasteiger partial charge in [-0.2, -0.15) is 26.3 Å². The van der Waals surface area contributed by atoms with Crippen LogP contribution in [0.1, 0.15) is 41.5 Å². The molecule has 12 heteroatoms. The van der Waals surface area contributed by atoms with Crippen LogP contribution in [0.15, 0.2) is 54.2 Å². The molecule has 4 aliphatic heterocycles. The summed E-state index contributed by atoms with van der Waals surface area (Å²) in [7, 11) is 0. The lowest BCUT2D eigenvalue weighted by Gasteiger charge is -2.47. The molecule has 0 aromatic carbocycles. The van der Waals surface area contributed by atoms with E-state index >= 15 is 17.6 Å². The summed E-state index contributed by atoms with van der Waals surface area (Å²) >= 11 is 2.28. The largest absolute Gasteiger partial charge is 0.475 e. The Morgan fingerprint density at radius 1 is 0.718 bits per heavy atom. The van der Waals surface area contributed by atoms with Crippen LogP contribution in [0.4, 0.5) is 26.3 Å². The summed E-state index contributed by atoms with van der Waals surface area (Å²) in [5.41, 5.74) is -3.11. The molecule has 1 saturated carbocycles. The van der Waals surface area contributed by atoms with Crippen molar-refractivity contribution in [3.05, 3.63) is 44.3 Å². The first-order valence-electron chi connectivity index (χ1n) is 12.8. The Morgan fingerprint density at radius 3 is 1.38 bits per heavy atom. The first-order chi connectivity index (χ1) is 18.0. The third-order valence-electron chi connectivity index (χ3n) is 8.63. The van der Waals surface area contributed by atoms with Crippen LogP contribution in [0.2, 0.25) is 0 Å². The fourth-order valence-corrected chi connectivity index (χ4v) is 8.88. The van der Waals surface area contributed by atoms with E-state index in [4.69, 9.17) is 9.47 Å². The number of ether oxygens (including phenoxy) is 2. The van der Waals surface area contributed by atoms with E-state index in [0.29, 0.717) is 23.0 Å². The molecule has 0 N–H and O–H groups in total. The van der Waals surface area contributed by atoms with Gasteiger partial charge in [-0.05, 0) is 49.0 Å². The first kappa shape index (κ1) is 27.4. The molecule has 4 atom stereocenters. The van der Waals surface area contributed by atoms with E-state index in [-0.39, 0.29) is 46.9 Å². The summed E-state index contributed by atoms with van der Waals surface area (Å²) in [6.07, 6.45) is 2.60. The molecule has 0 amide bonds. The van der Waals surface area contributed by atoms with Crippen molar-refractivity contribution in [1.82, 2.24) is 0 Å². The van der Waals surface area contributed by atoms with Gasteiger partial charge < -0.3 is 9.47 Å². The Labute approximate surface area is 231 Å². The maximum absolute atomic E-state index is 15.5. The van der Waals surface area contributed by atoms with Gasteiger partial charge in [-0.3, -0.25) is 0 Å². The minimum atomic E-state index is -5.60. The fraction of sp³-hybridized carbons (Fsp3) is 0.630. The normalized spacial score (nSPS) is 37.4. The second-order valence-electron chi connectivity index (χ2n) is 11.7. The Balaban J connectivity index is 1.56. The summed E-state index contributed by atoms with van der Waals surface area (Å²) in [5.74, 6) is -15.0. The highest BCUT2D eigenvalue weighted by Gasteiger charge is 2.84. The van der Waals surface area contributed by atoms with Crippen molar-refractivity contribution in [2.45, 2.75) is 80.9 Å². The summed E-state index contributed by atoms with van der Waals surface area (Å²) < 4.78 is 101. The molecular formula is C27H28F6N2O2S2. The molecule has 4 heterocycles. The highest BCUT2D eigenvalue weighted by atomic mass is 32.2. The number of rotatable bonds is 4. The van der Waals surface area contributed by atoms with Gasteiger partial charge in [-0.15, -0.1) is 23.5 Å². The van der Waals surface area contributed by atoms with Crippen molar-refractivity contribution in [2.24, 2.45) is 21.8 Å². The Bertz CT molecular complexity index is 1260. The van der Waals surface area contributed by atoms with Gasteiger partial charge >= 0.3 is 17.8 Å². The highest BCUT2D eigenvalue weighted by molar-refractivity contribution is 8.10. The van der Waals surface area contributed by atoms with Crippen LogP contribution in [0.5, 0.6) is 0 Å². The Kier molecular flexibility index (Phi) is 5.71. The third kappa shape index (κ3) is 3.30. The fourth-order valence-electron chi connectivity index (χ4n) is 5.85. The lowest BCUT2D eigenvalue weighted by atomic mass is 9.71. The van der Waals surface area contributed by atoms with Crippen LogP contribution >= 0.6 is 23.5 Å². The molecule has 0 spiro atoms. The molecule has 0 saturated heterocycles. The Morgan fingerprint density at radius 2 is 1.08 bits per heavy atom. The molecule has 4 nitrogen and oxygen atoms in total. The topological polar surface area (TPSA) is 43.2 Å². The zero-order valence-corrected chi connectivity index (χ0v) is 23.8. The maximum atomic E-state index is 15.5. The molecule has 212 valence electrons. The zero-order valence-electron chi connectivity index (χ0n) is 22.2. The van der Waals surface area contributed by atoms with Crippen molar-refractivity contribution < 1.29 is 35.8 Å². The number of alkyl halides is 6. The monoisotopic (exact) mass is 590 g/mol. The van der Waals surface area contributed by atoms with Crippen LogP contribution in [0.25, 0.3) is 0 Å². The first-order valence-corrected chi connectivity index (χ1v) is 14.5. The number of allylic oxidation sites excluding steroid dienone is 4. The minimum absolute atomic E-state index is 0.155. The molecule has 6 aliphatic rings. The average molecular weight is 591 g/mol. The molecular weight excluding hydrogens is 562 g/mol. The van der Waals surface area contributed by atoms with Gasteiger partial charge in [0.05, 0.1) is 31.4 Å². The highest BCUT2D eigenvalue weighted by Crippen LogP contribution is 2.74. The van der Waals surface area contributed by atoms with Gasteiger partial charge in [-0.1, -0.05) is 27.7 Å². The van der Waals surface area contributed by atoms with E-state index in [2.05, 4.69) is 9.98 Å². The molecule has 0 aromatic heterocycles. The number of halogens is 6. The second-order valence-corrected chi connectivity index (χ2v) is 14.6. The van der Waals surface area contributed by atoms with Crippen molar-refractivity contribution in [2.75, 3.05) is 13.2 Å². The molecule has 6 rings (SSSR count). The number of hydrogen-bond donors (Lipinski definition) is 0. The lowest BCUT2D eigenvalue weighted by Crippen LogP contribution is -2.49. The number of hydrogen-bond acceptors (Lipinski definition) is 6. The summed E-state index contributed by atoms with van der Waals surface area (Å²) in [4.78, 5) is 9.88. The van der Waals surface area contributed by atoms with E-state index in [9.17, 15) is 8.78 Å². The van der Waals surface area contributed by atoms with Gasteiger partial charge in [0.25, 0.3) is 0 Å². The second kappa shape index (κ2) is 8.14. The van der Waals surface area contributed by atoms with Crippen molar-refractivity contribution in [1.29, 1.82) is 0 Å². The zero-order chi connectivity index (χ0) is 28.5. The van der Waals surface area contributed by atoms with Crippen LogP contribution in [0.3, 0.4) is 0 Å². The predicted octanol–water partition coefficient (Wildman–Crippen LogP) is 7.20. The van der Waals surface area contributed by atoms with E-state index in [1.807, 2.05) is 27.7 Å². The van der Waals surface area contributed by atoms with Crippen molar-refractivity contribution in [3.63, 3.8) is 0 Å². The predicted molar refractivity (Wildman–Crippen MR) is 141 cm³/mol. The quantitative estimate of drug-likeness (QED) is 0.325. The van der Waals surface area contributed by atoms with Gasteiger partial charge in [-0.25, -0.2) is 9.98 Å². The van der Waals surface area contributed by atoms with E-state index in [1.165, 1.54) is 12.2 Å². The molecule has 0 radical (unpaired) electrons. The summed E-state index contributed by atoms with van der Waals surface area (Å²) in [5, 5.41) is 0. The number of nitrogens with zero attached hydrogens (tertiary/aromatic N) is 2. The smallest absolute Gasteiger partial charge is 0.380 e. The van der Waals surface area contributed by atoms with Gasteiger partial charge in [0, 0.05) is 11.1 Å². The van der Waals surface area contributed by atoms with Crippen molar-refractivity contribution >= 4 is 35.3 Å². The van der Waals surface area contributed by atoms with Crippen LogP contribution < -0.4 is 0 Å². The van der Waals surface area contributed by atoms with Crippen LogP contribution in [-0.2, 0) is 9.47 Å².